The first-order valence-electron chi connectivity index (χ1n) is 6.47. The summed E-state index contributed by atoms with van der Waals surface area (Å²) in [6.07, 6.45) is 1.11. The van der Waals surface area contributed by atoms with Gasteiger partial charge in [-0.05, 0) is 64.3 Å². The van der Waals surface area contributed by atoms with E-state index < -0.39 is 0 Å². The van der Waals surface area contributed by atoms with Crippen LogP contribution in [0.3, 0.4) is 0 Å². The number of nitrogens with one attached hydrogen (secondary N) is 1. The molecule has 0 aliphatic carbocycles. The Balaban J connectivity index is 1.95. The van der Waals surface area contributed by atoms with Gasteiger partial charge in [0.1, 0.15) is 0 Å². The quantitative estimate of drug-likeness (QED) is 0.811. The number of hydrogen-bond acceptors (Lipinski definition) is 2. The molecule has 0 atom stereocenters. The highest BCUT2D eigenvalue weighted by Crippen LogP contribution is 2.27. The summed E-state index contributed by atoms with van der Waals surface area (Å²) in [7, 11) is 0. The van der Waals surface area contributed by atoms with E-state index in [0.717, 1.165) is 11.3 Å². The summed E-state index contributed by atoms with van der Waals surface area (Å²) in [5.74, 6) is -0.0460. The van der Waals surface area contributed by atoms with Gasteiger partial charge in [-0.3, -0.25) is 9.59 Å². The van der Waals surface area contributed by atoms with E-state index in [1.807, 2.05) is 6.07 Å². The van der Waals surface area contributed by atoms with Crippen LogP contribution in [-0.2, 0) is 11.2 Å². The highest BCUT2D eigenvalue weighted by Gasteiger charge is 2.17. The monoisotopic (exact) mass is 363 g/mol. The zero-order valence-corrected chi connectivity index (χ0v) is 13.3. The van der Waals surface area contributed by atoms with Crippen molar-refractivity contribution in [3.63, 3.8) is 0 Å². The normalized spacial score (nSPS) is 13.5. The highest BCUT2D eigenvalue weighted by atomic mass is 79.9. The third-order valence-corrected chi connectivity index (χ3v) is 4.66. The Bertz CT molecular complexity index is 758. The molecule has 1 amide bonds. The molecule has 1 aliphatic rings. The maximum Gasteiger partial charge on any atom is 0.224 e. The van der Waals surface area contributed by atoms with Crippen LogP contribution in [0.2, 0.25) is 5.02 Å². The molecule has 1 aliphatic heterocycles. The van der Waals surface area contributed by atoms with Gasteiger partial charge in [-0.15, -0.1) is 0 Å². The minimum Gasteiger partial charge on any atom is -0.326 e. The number of rotatable bonds is 2. The van der Waals surface area contributed by atoms with Crippen LogP contribution >= 0.6 is 27.5 Å². The van der Waals surface area contributed by atoms with Gasteiger partial charge >= 0.3 is 0 Å². The molecule has 0 saturated heterocycles. The van der Waals surface area contributed by atoms with E-state index in [2.05, 4.69) is 21.2 Å². The summed E-state index contributed by atoms with van der Waals surface area (Å²) in [6, 6.07) is 10.5. The number of carbonyl (C=O) groups excluding carboxylic acids is 2. The van der Waals surface area contributed by atoms with Gasteiger partial charge in [-0.25, -0.2) is 0 Å². The van der Waals surface area contributed by atoms with Crippen LogP contribution in [0.4, 0.5) is 5.69 Å². The van der Waals surface area contributed by atoms with Gasteiger partial charge in [0.25, 0.3) is 0 Å². The first-order chi connectivity index (χ1) is 10.0. The second-order valence-corrected chi connectivity index (χ2v) is 6.14. The minimum atomic E-state index is -0.0629. The van der Waals surface area contributed by atoms with Crippen LogP contribution in [-0.4, -0.2) is 11.7 Å². The average molecular weight is 365 g/mol. The number of amides is 1. The summed E-state index contributed by atoms with van der Waals surface area (Å²) in [6.45, 7) is 0. The van der Waals surface area contributed by atoms with Crippen LogP contribution in [0.5, 0.6) is 0 Å². The predicted octanol–water partition coefficient (Wildman–Crippen LogP) is 4.22. The zero-order chi connectivity index (χ0) is 15.0. The highest BCUT2D eigenvalue weighted by molar-refractivity contribution is 9.10. The molecule has 0 spiro atoms. The number of benzene rings is 2. The standard InChI is InChI=1S/C16H11BrClNO2/c17-12-8-11(1-4-13(12)18)16(21)10-2-5-14-9(7-10)3-6-15(20)19-14/h1-2,4-5,7-8H,3,6H2,(H,19,20). The number of aryl methyl sites for hydroxylation is 1. The molecule has 106 valence electrons. The maximum atomic E-state index is 12.5. The fourth-order valence-electron chi connectivity index (χ4n) is 2.33. The van der Waals surface area contributed by atoms with Gasteiger partial charge in [-0.2, -0.15) is 0 Å². The molecule has 1 N–H and O–H groups in total. The van der Waals surface area contributed by atoms with Gasteiger partial charge in [0.05, 0.1) is 5.02 Å². The molecular formula is C16H11BrClNO2. The molecule has 3 rings (SSSR count). The lowest BCUT2D eigenvalue weighted by Crippen LogP contribution is -2.19. The van der Waals surface area contributed by atoms with E-state index >= 15 is 0 Å². The summed E-state index contributed by atoms with van der Waals surface area (Å²) in [5.41, 5.74) is 2.97. The summed E-state index contributed by atoms with van der Waals surface area (Å²) in [5, 5.41) is 3.38. The molecule has 0 fully saturated rings. The Kier molecular flexibility index (Phi) is 3.83. The third-order valence-electron chi connectivity index (χ3n) is 3.44. The Morgan fingerprint density at radius 3 is 2.57 bits per heavy atom. The van der Waals surface area contributed by atoms with Crippen molar-refractivity contribution in [1.82, 2.24) is 0 Å². The van der Waals surface area contributed by atoms with E-state index in [9.17, 15) is 9.59 Å². The van der Waals surface area contributed by atoms with Crippen LogP contribution in [0, 0.1) is 0 Å². The molecule has 0 aromatic heterocycles. The molecule has 0 radical (unpaired) electrons. The molecule has 0 saturated carbocycles. The van der Waals surface area contributed by atoms with Gasteiger partial charge in [-0.1, -0.05) is 11.6 Å². The van der Waals surface area contributed by atoms with Crippen molar-refractivity contribution in [1.29, 1.82) is 0 Å². The molecule has 2 aromatic carbocycles. The van der Waals surface area contributed by atoms with Crippen molar-refractivity contribution >= 4 is 44.9 Å². The third kappa shape index (κ3) is 2.87. The molecule has 1 heterocycles. The molecule has 5 heteroatoms. The van der Waals surface area contributed by atoms with Crippen molar-refractivity contribution in [2.45, 2.75) is 12.8 Å². The number of anilines is 1. The number of halogens is 2. The van der Waals surface area contributed by atoms with E-state index in [-0.39, 0.29) is 11.7 Å². The summed E-state index contributed by atoms with van der Waals surface area (Å²) in [4.78, 5) is 23.8. The van der Waals surface area contributed by atoms with Gasteiger partial charge in [0.15, 0.2) is 5.78 Å². The van der Waals surface area contributed by atoms with E-state index in [1.165, 1.54) is 0 Å². The molecule has 2 aromatic rings. The Morgan fingerprint density at radius 2 is 1.81 bits per heavy atom. The zero-order valence-electron chi connectivity index (χ0n) is 11.0. The van der Waals surface area contributed by atoms with Crippen molar-refractivity contribution in [2.75, 3.05) is 5.32 Å². The number of fused-ring (bicyclic) bond motifs is 1. The molecule has 21 heavy (non-hydrogen) atoms. The second-order valence-electron chi connectivity index (χ2n) is 4.88. The second kappa shape index (κ2) is 5.62. The lowest BCUT2D eigenvalue weighted by molar-refractivity contribution is -0.116. The number of hydrogen-bond donors (Lipinski definition) is 1. The molecular weight excluding hydrogens is 354 g/mol. The van der Waals surface area contributed by atoms with Crippen molar-refractivity contribution < 1.29 is 9.59 Å². The topological polar surface area (TPSA) is 46.2 Å². The largest absolute Gasteiger partial charge is 0.326 e. The fourth-order valence-corrected chi connectivity index (χ4v) is 2.83. The van der Waals surface area contributed by atoms with E-state index in [4.69, 9.17) is 11.6 Å². The molecule has 0 bridgehead atoms. The Morgan fingerprint density at radius 1 is 1.10 bits per heavy atom. The van der Waals surface area contributed by atoms with Crippen molar-refractivity contribution in [2.24, 2.45) is 0 Å². The average Bonchev–Trinajstić information content (AvgIpc) is 2.49. The first kappa shape index (κ1) is 14.3. The fraction of sp³-hybridized carbons (Fsp3) is 0.125. The van der Waals surface area contributed by atoms with Gasteiger partial charge in [0, 0.05) is 27.7 Å². The van der Waals surface area contributed by atoms with E-state index in [0.29, 0.717) is 33.5 Å². The van der Waals surface area contributed by atoms with Gasteiger partial charge in [0.2, 0.25) is 5.91 Å². The van der Waals surface area contributed by atoms with Crippen LogP contribution in [0.1, 0.15) is 27.9 Å². The van der Waals surface area contributed by atoms with E-state index in [1.54, 1.807) is 30.3 Å². The van der Waals surface area contributed by atoms with Gasteiger partial charge < -0.3 is 5.32 Å². The Labute approximate surface area is 135 Å². The first-order valence-corrected chi connectivity index (χ1v) is 7.64. The molecule has 3 nitrogen and oxygen atoms in total. The SMILES string of the molecule is O=C1CCc2cc(C(=O)c3ccc(Cl)c(Br)c3)ccc2N1. The lowest BCUT2D eigenvalue weighted by atomic mass is 9.96. The summed E-state index contributed by atoms with van der Waals surface area (Å²) >= 11 is 9.26. The van der Waals surface area contributed by atoms with Crippen molar-refractivity contribution in [3.8, 4) is 0 Å². The summed E-state index contributed by atoms with van der Waals surface area (Å²) < 4.78 is 0.695. The van der Waals surface area contributed by atoms with Crippen molar-refractivity contribution in [3.05, 3.63) is 62.6 Å². The number of ketones is 1. The minimum absolute atomic E-state index is 0.0169. The lowest BCUT2D eigenvalue weighted by Gasteiger charge is -2.17. The predicted molar refractivity (Wildman–Crippen MR) is 86.0 cm³/mol. The smallest absolute Gasteiger partial charge is 0.224 e. The maximum absolute atomic E-state index is 12.5. The Hall–Kier alpha value is -1.65. The molecule has 0 unspecified atom stereocenters. The van der Waals surface area contributed by atoms with Crippen LogP contribution < -0.4 is 5.32 Å². The number of carbonyl (C=O) groups is 2. The van der Waals surface area contributed by atoms with Crippen LogP contribution in [0.25, 0.3) is 0 Å². The van der Waals surface area contributed by atoms with Crippen LogP contribution in [0.15, 0.2) is 40.9 Å².